The number of nitrogens with zero attached hydrogens (tertiary/aromatic N) is 1. The summed E-state index contributed by atoms with van der Waals surface area (Å²) in [7, 11) is 0. The zero-order valence-electron chi connectivity index (χ0n) is 10.9. The minimum Gasteiger partial charge on any atom is -0.450 e. The fourth-order valence-electron chi connectivity index (χ4n) is 1.76. The Morgan fingerprint density at radius 3 is 2.52 bits per heavy atom. The van der Waals surface area contributed by atoms with Crippen LogP contribution in [0.25, 0.3) is 0 Å². The molecule has 7 heteroatoms. The number of rotatable bonds is 4. The Morgan fingerprint density at radius 1 is 1.24 bits per heavy atom. The number of aliphatic hydroxyl groups excluding tert-OH is 1. The first kappa shape index (κ1) is 15.9. The van der Waals surface area contributed by atoms with E-state index in [1.807, 2.05) is 0 Å². The molecule has 1 N–H and O–H groups in total. The van der Waals surface area contributed by atoms with E-state index in [1.54, 1.807) is 31.2 Å². The fourth-order valence-corrected chi connectivity index (χ4v) is 2.79. The van der Waals surface area contributed by atoms with Crippen LogP contribution in [-0.4, -0.2) is 10.0 Å². The molecular formula is C14H11Br2NO4. The zero-order chi connectivity index (χ0) is 15.6. The first-order chi connectivity index (χ1) is 9.88. The number of halogens is 2. The van der Waals surface area contributed by atoms with Crippen LogP contribution in [0.4, 0.5) is 5.69 Å². The molecule has 0 heterocycles. The largest absolute Gasteiger partial charge is 0.450 e. The van der Waals surface area contributed by atoms with Gasteiger partial charge in [-0.2, -0.15) is 0 Å². The average molecular weight is 417 g/mol. The molecule has 21 heavy (non-hydrogen) atoms. The maximum atomic E-state index is 11.0. The summed E-state index contributed by atoms with van der Waals surface area (Å²) in [5.41, 5.74) is 0.591. The van der Waals surface area contributed by atoms with Crippen molar-refractivity contribution in [2.75, 3.05) is 0 Å². The standard InChI is InChI=1S/C14H11Br2NO4/c1-8(18)11-4-3-10(7-12(11)16)21-14-5-2-9(15)6-13(14)17(19)20/h2-8,18H,1H3. The third-order valence-corrected chi connectivity index (χ3v) is 3.95. The van der Waals surface area contributed by atoms with E-state index in [1.165, 1.54) is 12.1 Å². The Morgan fingerprint density at radius 2 is 1.95 bits per heavy atom. The van der Waals surface area contributed by atoms with Gasteiger partial charge < -0.3 is 9.84 Å². The second-order valence-electron chi connectivity index (χ2n) is 4.33. The van der Waals surface area contributed by atoms with Crippen molar-refractivity contribution in [1.82, 2.24) is 0 Å². The summed E-state index contributed by atoms with van der Waals surface area (Å²) in [5, 5.41) is 20.6. The highest BCUT2D eigenvalue weighted by atomic mass is 79.9. The van der Waals surface area contributed by atoms with E-state index in [9.17, 15) is 15.2 Å². The predicted molar refractivity (Wildman–Crippen MR) is 85.6 cm³/mol. The van der Waals surface area contributed by atoms with Gasteiger partial charge >= 0.3 is 5.69 Å². The van der Waals surface area contributed by atoms with E-state index in [2.05, 4.69) is 31.9 Å². The van der Waals surface area contributed by atoms with Gasteiger partial charge in [-0.05, 0) is 36.8 Å². The number of nitro benzene ring substituents is 1. The van der Waals surface area contributed by atoms with E-state index in [0.29, 0.717) is 20.3 Å². The normalized spacial score (nSPS) is 12.0. The van der Waals surface area contributed by atoms with Gasteiger partial charge in [-0.1, -0.05) is 37.9 Å². The Hall–Kier alpha value is -1.44. The van der Waals surface area contributed by atoms with E-state index < -0.39 is 11.0 Å². The molecule has 5 nitrogen and oxygen atoms in total. The van der Waals surface area contributed by atoms with Crippen molar-refractivity contribution in [2.45, 2.75) is 13.0 Å². The number of benzene rings is 2. The molecule has 0 spiro atoms. The van der Waals surface area contributed by atoms with Crippen molar-refractivity contribution < 1.29 is 14.8 Å². The van der Waals surface area contributed by atoms with Crippen molar-refractivity contribution in [1.29, 1.82) is 0 Å². The van der Waals surface area contributed by atoms with Crippen LogP contribution >= 0.6 is 31.9 Å². The van der Waals surface area contributed by atoms with Gasteiger partial charge in [0.25, 0.3) is 0 Å². The van der Waals surface area contributed by atoms with E-state index in [4.69, 9.17) is 4.74 Å². The smallest absolute Gasteiger partial charge is 0.312 e. The highest BCUT2D eigenvalue weighted by Gasteiger charge is 2.17. The van der Waals surface area contributed by atoms with Crippen LogP contribution in [0.3, 0.4) is 0 Å². The van der Waals surface area contributed by atoms with Crippen LogP contribution in [0.15, 0.2) is 45.3 Å². The summed E-state index contributed by atoms with van der Waals surface area (Å²) in [5.74, 6) is 0.594. The molecule has 0 amide bonds. The SMILES string of the molecule is CC(O)c1ccc(Oc2ccc(Br)cc2[N+](=O)[O-])cc1Br. The molecule has 2 aromatic carbocycles. The summed E-state index contributed by atoms with van der Waals surface area (Å²) in [4.78, 5) is 10.5. The first-order valence-electron chi connectivity index (χ1n) is 5.98. The molecule has 0 saturated carbocycles. The van der Waals surface area contributed by atoms with Gasteiger partial charge in [0.2, 0.25) is 5.75 Å². The number of hydrogen-bond acceptors (Lipinski definition) is 4. The molecule has 2 rings (SSSR count). The third-order valence-electron chi connectivity index (χ3n) is 2.77. The van der Waals surface area contributed by atoms with E-state index in [-0.39, 0.29) is 11.4 Å². The third kappa shape index (κ3) is 3.81. The molecule has 0 aliphatic rings. The molecule has 0 saturated heterocycles. The van der Waals surface area contributed by atoms with Crippen LogP contribution in [0.5, 0.6) is 11.5 Å². The predicted octanol–water partition coefficient (Wildman–Crippen LogP) is 4.97. The fraction of sp³-hybridized carbons (Fsp3) is 0.143. The van der Waals surface area contributed by atoms with E-state index in [0.717, 1.165) is 0 Å². The summed E-state index contributed by atoms with van der Waals surface area (Å²) >= 11 is 6.53. The minimum absolute atomic E-state index is 0.125. The molecule has 0 fully saturated rings. The lowest BCUT2D eigenvalue weighted by atomic mass is 10.1. The zero-order valence-corrected chi connectivity index (χ0v) is 14.1. The quantitative estimate of drug-likeness (QED) is 0.564. The van der Waals surface area contributed by atoms with Gasteiger partial charge in [0, 0.05) is 15.0 Å². The number of nitro groups is 1. The second kappa shape index (κ2) is 6.55. The van der Waals surface area contributed by atoms with Crippen LogP contribution < -0.4 is 4.74 Å². The van der Waals surface area contributed by atoms with Gasteiger partial charge in [-0.25, -0.2) is 0 Å². The van der Waals surface area contributed by atoms with Crippen LogP contribution in [0.2, 0.25) is 0 Å². The molecule has 0 aliphatic carbocycles. The van der Waals surface area contributed by atoms with Crippen molar-refractivity contribution in [3.05, 3.63) is 61.0 Å². The molecule has 0 aromatic heterocycles. The Labute approximate surface area is 138 Å². The summed E-state index contributed by atoms with van der Waals surface area (Å²) in [6, 6.07) is 9.59. The highest BCUT2D eigenvalue weighted by molar-refractivity contribution is 9.10. The van der Waals surface area contributed by atoms with Crippen LogP contribution in [-0.2, 0) is 0 Å². The van der Waals surface area contributed by atoms with Crippen LogP contribution in [0.1, 0.15) is 18.6 Å². The van der Waals surface area contributed by atoms with Crippen molar-refractivity contribution in [2.24, 2.45) is 0 Å². The number of aliphatic hydroxyl groups is 1. The van der Waals surface area contributed by atoms with E-state index >= 15 is 0 Å². The molecule has 1 atom stereocenters. The summed E-state index contributed by atoms with van der Waals surface area (Å²) < 4.78 is 6.85. The van der Waals surface area contributed by atoms with Gasteiger partial charge in [0.05, 0.1) is 11.0 Å². The van der Waals surface area contributed by atoms with Gasteiger partial charge in [0.15, 0.2) is 0 Å². The highest BCUT2D eigenvalue weighted by Crippen LogP contribution is 2.35. The molecule has 1 unspecified atom stereocenters. The van der Waals surface area contributed by atoms with Gasteiger partial charge in [-0.3, -0.25) is 10.1 Å². The molecule has 2 aromatic rings. The second-order valence-corrected chi connectivity index (χ2v) is 6.10. The molecular weight excluding hydrogens is 406 g/mol. The molecule has 0 aliphatic heterocycles. The summed E-state index contributed by atoms with van der Waals surface area (Å²) in [6.07, 6.45) is -0.615. The Balaban J connectivity index is 2.35. The topological polar surface area (TPSA) is 72.6 Å². The lowest BCUT2D eigenvalue weighted by Gasteiger charge is -2.11. The lowest BCUT2D eigenvalue weighted by molar-refractivity contribution is -0.385. The maximum Gasteiger partial charge on any atom is 0.312 e. The maximum absolute atomic E-state index is 11.0. The molecule has 110 valence electrons. The monoisotopic (exact) mass is 415 g/mol. The van der Waals surface area contributed by atoms with Crippen LogP contribution in [0, 0.1) is 10.1 Å². The van der Waals surface area contributed by atoms with Crippen molar-refractivity contribution >= 4 is 37.5 Å². The van der Waals surface area contributed by atoms with Gasteiger partial charge in [0.1, 0.15) is 5.75 Å². The molecule has 0 bridgehead atoms. The summed E-state index contributed by atoms with van der Waals surface area (Å²) in [6.45, 7) is 1.65. The Bertz CT molecular complexity index is 689. The number of hydrogen-bond donors (Lipinski definition) is 1. The van der Waals surface area contributed by atoms with Crippen molar-refractivity contribution in [3.63, 3.8) is 0 Å². The van der Waals surface area contributed by atoms with Crippen molar-refractivity contribution in [3.8, 4) is 11.5 Å². The molecule has 0 radical (unpaired) electrons. The first-order valence-corrected chi connectivity index (χ1v) is 7.56. The average Bonchev–Trinajstić information content (AvgIpc) is 2.40. The number of ether oxygens (including phenoxy) is 1. The lowest BCUT2D eigenvalue weighted by Crippen LogP contribution is -1.95. The Kier molecular flexibility index (Phi) is 4.97. The minimum atomic E-state index is -0.615. The van der Waals surface area contributed by atoms with Gasteiger partial charge in [-0.15, -0.1) is 0 Å².